The van der Waals surface area contributed by atoms with Gasteiger partial charge in [0, 0.05) is 23.2 Å². The molecular formula is C12H22N2O. The van der Waals surface area contributed by atoms with Gasteiger partial charge in [0.25, 0.3) is 5.56 Å². The van der Waals surface area contributed by atoms with Crippen molar-refractivity contribution in [3.63, 3.8) is 0 Å². The molecule has 0 fully saturated rings. The molecule has 15 heavy (non-hydrogen) atoms. The number of hydrogen-bond acceptors (Lipinski definition) is 1. The summed E-state index contributed by atoms with van der Waals surface area (Å²) in [4.78, 5) is 12.0. The molecule has 0 aliphatic rings. The predicted octanol–water partition coefficient (Wildman–Crippen LogP) is 2.62. The van der Waals surface area contributed by atoms with E-state index in [0.717, 1.165) is 11.3 Å². The Morgan fingerprint density at radius 3 is 2.13 bits per heavy atom. The van der Waals surface area contributed by atoms with Crippen molar-refractivity contribution in [3.8, 4) is 0 Å². The molecule has 1 heterocycles. The van der Waals surface area contributed by atoms with Crippen LogP contribution in [-0.4, -0.2) is 9.78 Å². The first-order valence-electron chi connectivity index (χ1n) is 5.62. The Morgan fingerprint density at radius 2 is 1.87 bits per heavy atom. The summed E-state index contributed by atoms with van der Waals surface area (Å²) >= 11 is 0. The molecule has 0 saturated heterocycles. The fourth-order valence-corrected chi connectivity index (χ4v) is 1.83. The summed E-state index contributed by atoms with van der Waals surface area (Å²) in [6, 6.07) is 0. The lowest BCUT2D eigenvalue weighted by molar-refractivity contribution is 0.533. The molecule has 0 aliphatic carbocycles. The molecule has 0 aliphatic heterocycles. The normalized spacial score (nSPS) is 12.5. The van der Waals surface area contributed by atoms with Crippen LogP contribution in [0.4, 0.5) is 0 Å². The number of aryl methyl sites for hydroxylation is 1. The number of rotatable bonds is 2. The number of hydrogen-bond donors (Lipinski definition) is 1. The fraction of sp³-hybridized carbons (Fsp3) is 0.750. The molecular weight excluding hydrogens is 188 g/mol. The van der Waals surface area contributed by atoms with Crippen molar-refractivity contribution < 1.29 is 0 Å². The second-order valence-corrected chi connectivity index (χ2v) is 5.35. The topological polar surface area (TPSA) is 37.8 Å². The molecule has 1 aromatic rings. The van der Waals surface area contributed by atoms with E-state index in [9.17, 15) is 4.79 Å². The molecule has 0 aromatic carbocycles. The highest BCUT2D eigenvalue weighted by Gasteiger charge is 2.25. The molecule has 0 radical (unpaired) electrons. The van der Waals surface area contributed by atoms with Crippen molar-refractivity contribution in [1.29, 1.82) is 0 Å². The molecule has 1 N–H and O–H groups in total. The molecule has 0 unspecified atom stereocenters. The van der Waals surface area contributed by atoms with E-state index in [1.807, 2.05) is 6.92 Å². The van der Waals surface area contributed by atoms with Gasteiger partial charge in [0.15, 0.2) is 0 Å². The van der Waals surface area contributed by atoms with Crippen LogP contribution in [0.5, 0.6) is 0 Å². The third-order valence-electron chi connectivity index (χ3n) is 2.64. The summed E-state index contributed by atoms with van der Waals surface area (Å²) in [5, 5.41) is 3.23. The molecule has 1 aromatic heterocycles. The van der Waals surface area contributed by atoms with Crippen molar-refractivity contribution in [2.24, 2.45) is 0 Å². The average molecular weight is 210 g/mol. The van der Waals surface area contributed by atoms with E-state index in [4.69, 9.17) is 0 Å². The minimum absolute atomic E-state index is 0.000810. The summed E-state index contributed by atoms with van der Waals surface area (Å²) in [5.41, 5.74) is 2.14. The smallest absolute Gasteiger partial charge is 0.270 e. The first kappa shape index (κ1) is 12.1. The van der Waals surface area contributed by atoms with Crippen LogP contribution < -0.4 is 5.56 Å². The zero-order chi connectivity index (χ0) is 11.8. The van der Waals surface area contributed by atoms with Crippen LogP contribution in [0.25, 0.3) is 0 Å². The monoisotopic (exact) mass is 210 g/mol. The second-order valence-electron chi connectivity index (χ2n) is 5.35. The van der Waals surface area contributed by atoms with Crippen molar-refractivity contribution in [2.75, 3.05) is 0 Å². The summed E-state index contributed by atoms with van der Waals surface area (Å²) in [7, 11) is 0. The molecule has 3 nitrogen and oxygen atoms in total. The average Bonchev–Trinajstić information content (AvgIpc) is 2.41. The van der Waals surface area contributed by atoms with Gasteiger partial charge in [-0.3, -0.25) is 14.6 Å². The van der Waals surface area contributed by atoms with Gasteiger partial charge in [-0.15, -0.1) is 0 Å². The molecule has 86 valence electrons. The maximum Gasteiger partial charge on any atom is 0.270 e. The summed E-state index contributed by atoms with van der Waals surface area (Å²) < 4.78 is 1.69. The minimum Gasteiger partial charge on any atom is -0.299 e. The standard InChI is InChI=1S/C12H22N2O/c1-7-14-11(15)9(8(2)3)10(13-14)12(4,5)6/h8,13H,7H2,1-6H3. The maximum absolute atomic E-state index is 12.0. The van der Waals surface area contributed by atoms with E-state index in [2.05, 4.69) is 39.7 Å². The number of aromatic nitrogens is 2. The van der Waals surface area contributed by atoms with Gasteiger partial charge in [-0.25, -0.2) is 0 Å². The lowest BCUT2D eigenvalue weighted by atomic mass is 9.86. The van der Waals surface area contributed by atoms with Crippen LogP contribution in [0.15, 0.2) is 4.79 Å². The van der Waals surface area contributed by atoms with E-state index in [1.165, 1.54) is 0 Å². The van der Waals surface area contributed by atoms with Crippen LogP contribution >= 0.6 is 0 Å². The van der Waals surface area contributed by atoms with Gasteiger partial charge in [0.2, 0.25) is 0 Å². The quantitative estimate of drug-likeness (QED) is 0.800. The van der Waals surface area contributed by atoms with E-state index in [0.29, 0.717) is 6.54 Å². The van der Waals surface area contributed by atoms with Gasteiger partial charge >= 0.3 is 0 Å². The molecule has 0 bridgehead atoms. The van der Waals surface area contributed by atoms with E-state index >= 15 is 0 Å². The van der Waals surface area contributed by atoms with Gasteiger partial charge < -0.3 is 0 Å². The van der Waals surface area contributed by atoms with Crippen molar-refractivity contribution in [1.82, 2.24) is 9.78 Å². The Labute approximate surface area is 91.5 Å². The first-order valence-corrected chi connectivity index (χ1v) is 5.62. The molecule has 0 spiro atoms. The van der Waals surface area contributed by atoms with E-state index < -0.39 is 0 Å². The van der Waals surface area contributed by atoms with Crippen molar-refractivity contribution >= 4 is 0 Å². The summed E-state index contributed by atoms with van der Waals surface area (Å²) in [5.74, 6) is 0.274. The lowest BCUT2D eigenvalue weighted by Crippen LogP contribution is -2.19. The van der Waals surface area contributed by atoms with Crippen LogP contribution in [0.3, 0.4) is 0 Å². The fourth-order valence-electron chi connectivity index (χ4n) is 1.83. The third kappa shape index (κ3) is 2.16. The minimum atomic E-state index is -0.000810. The molecule has 0 atom stereocenters. The van der Waals surface area contributed by atoms with Gasteiger partial charge in [-0.05, 0) is 12.8 Å². The molecule has 1 rings (SSSR count). The number of aromatic amines is 1. The maximum atomic E-state index is 12.0. The lowest BCUT2D eigenvalue weighted by Gasteiger charge is -2.19. The highest BCUT2D eigenvalue weighted by atomic mass is 16.1. The van der Waals surface area contributed by atoms with Gasteiger partial charge in [-0.2, -0.15) is 0 Å². The Morgan fingerprint density at radius 1 is 1.33 bits per heavy atom. The van der Waals surface area contributed by atoms with Crippen molar-refractivity contribution in [3.05, 3.63) is 21.6 Å². The summed E-state index contributed by atoms with van der Waals surface area (Å²) in [6.07, 6.45) is 0. The molecule has 3 heteroatoms. The van der Waals surface area contributed by atoms with Gasteiger partial charge in [0.1, 0.15) is 0 Å². The van der Waals surface area contributed by atoms with Crippen molar-refractivity contribution in [2.45, 2.75) is 59.4 Å². The van der Waals surface area contributed by atoms with Crippen LogP contribution in [0.2, 0.25) is 0 Å². The zero-order valence-corrected chi connectivity index (χ0v) is 10.6. The third-order valence-corrected chi connectivity index (χ3v) is 2.64. The second kappa shape index (κ2) is 3.87. The number of nitrogens with one attached hydrogen (secondary N) is 1. The van der Waals surface area contributed by atoms with E-state index in [1.54, 1.807) is 4.68 Å². The SMILES string of the molecule is CCn1[nH]c(C(C)(C)C)c(C(C)C)c1=O. The number of nitrogens with zero attached hydrogens (tertiary/aromatic N) is 1. The Kier molecular flexibility index (Phi) is 3.12. The van der Waals surface area contributed by atoms with E-state index in [-0.39, 0.29) is 16.9 Å². The summed E-state index contributed by atoms with van der Waals surface area (Å²) in [6.45, 7) is 13.2. The number of H-pyrrole nitrogens is 1. The first-order chi connectivity index (χ1) is 6.79. The predicted molar refractivity (Wildman–Crippen MR) is 63.5 cm³/mol. The highest BCUT2D eigenvalue weighted by Crippen LogP contribution is 2.26. The van der Waals surface area contributed by atoms with Crippen LogP contribution in [0.1, 0.15) is 58.7 Å². The van der Waals surface area contributed by atoms with Gasteiger partial charge in [0.05, 0.1) is 0 Å². The Bertz CT molecular complexity index is 391. The Hall–Kier alpha value is -0.990. The molecule has 0 amide bonds. The van der Waals surface area contributed by atoms with Gasteiger partial charge in [-0.1, -0.05) is 34.6 Å². The largest absolute Gasteiger partial charge is 0.299 e. The van der Waals surface area contributed by atoms with Crippen LogP contribution in [0, 0.1) is 0 Å². The van der Waals surface area contributed by atoms with Crippen LogP contribution in [-0.2, 0) is 12.0 Å². The molecule has 0 saturated carbocycles. The zero-order valence-electron chi connectivity index (χ0n) is 10.6. The Balaban J connectivity index is 3.46. The highest BCUT2D eigenvalue weighted by molar-refractivity contribution is 5.27.